The van der Waals surface area contributed by atoms with Gasteiger partial charge in [-0.3, -0.25) is 0 Å². The van der Waals surface area contributed by atoms with Crippen LogP contribution in [0.3, 0.4) is 0 Å². The second kappa shape index (κ2) is 5.73. The molecule has 1 fully saturated rings. The molecule has 2 aromatic rings. The highest BCUT2D eigenvalue weighted by atomic mass is 19.1. The summed E-state index contributed by atoms with van der Waals surface area (Å²) in [5.41, 5.74) is 1.50. The summed E-state index contributed by atoms with van der Waals surface area (Å²) in [7, 11) is -0.584. The van der Waals surface area contributed by atoms with Gasteiger partial charge in [0.05, 0.1) is 22.8 Å². The van der Waals surface area contributed by atoms with Crippen LogP contribution >= 0.6 is 0 Å². The molecule has 0 spiro atoms. The van der Waals surface area contributed by atoms with Gasteiger partial charge < -0.3 is 9.31 Å². The zero-order valence-corrected chi connectivity index (χ0v) is 14.3. The fraction of sp³-hybridized carbons (Fsp3) is 0.316. The van der Waals surface area contributed by atoms with E-state index in [1.807, 2.05) is 33.8 Å². The minimum Gasteiger partial charge on any atom is -0.399 e. The monoisotopic (exact) mass is 323 g/mol. The Morgan fingerprint density at radius 1 is 0.958 bits per heavy atom. The number of hydrogen-bond acceptors (Lipinski definition) is 3. The highest BCUT2D eigenvalue weighted by molar-refractivity contribution is 6.62. The van der Waals surface area contributed by atoms with E-state index in [-0.39, 0.29) is 5.82 Å². The molecular weight excluding hydrogens is 304 g/mol. The van der Waals surface area contributed by atoms with Crippen LogP contribution in [0.2, 0.25) is 0 Å². The summed E-state index contributed by atoms with van der Waals surface area (Å²) in [6, 6.07) is 13.9. The fourth-order valence-corrected chi connectivity index (χ4v) is 2.62. The average Bonchev–Trinajstić information content (AvgIpc) is 2.75. The largest absolute Gasteiger partial charge is 0.494 e. The lowest BCUT2D eigenvalue weighted by Crippen LogP contribution is -2.41. The van der Waals surface area contributed by atoms with Crippen molar-refractivity contribution in [1.29, 1.82) is 5.26 Å². The number of nitrogens with zero attached hydrogens (tertiary/aromatic N) is 1. The van der Waals surface area contributed by atoms with Crippen molar-refractivity contribution >= 4 is 12.6 Å². The topological polar surface area (TPSA) is 42.2 Å². The molecule has 0 N–H and O–H groups in total. The van der Waals surface area contributed by atoms with Crippen LogP contribution in [0.25, 0.3) is 11.1 Å². The van der Waals surface area contributed by atoms with E-state index in [2.05, 4.69) is 6.07 Å². The third kappa shape index (κ3) is 2.84. The van der Waals surface area contributed by atoms with Gasteiger partial charge in [-0.05, 0) is 56.9 Å². The van der Waals surface area contributed by atoms with Gasteiger partial charge in [-0.25, -0.2) is 4.39 Å². The van der Waals surface area contributed by atoms with Crippen LogP contribution in [0.5, 0.6) is 0 Å². The van der Waals surface area contributed by atoms with Crippen molar-refractivity contribution in [2.75, 3.05) is 0 Å². The molecule has 0 amide bonds. The molecule has 0 unspecified atom stereocenters. The van der Waals surface area contributed by atoms with Crippen LogP contribution in [0.15, 0.2) is 42.5 Å². The number of hydrogen-bond donors (Lipinski definition) is 0. The van der Waals surface area contributed by atoms with E-state index in [0.717, 1.165) is 5.56 Å². The standard InChI is InChI=1S/C19H19BFNO2/c1-18(2)19(3,4)24-20(23-18)15-9-10-16(17(21)11-15)14-7-5-13(12-22)6-8-14/h5-11H,1-4H3. The van der Waals surface area contributed by atoms with Crippen LogP contribution in [0.1, 0.15) is 33.3 Å². The number of rotatable bonds is 2. The maximum Gasteiger partial charge on any atom is 0.494 e. The van der Waals surface area contributed by atoms with Gasteiger partial charge >= 0.3 is 7.12 Å². The Morgan fingerprint density at radius 3 is 2.04 bits per heavy atom. The molecule has 0 aliphatic carbocycles. The second-order valence-corrected chi connectivity index (χ2v) is 7.02. The zero-order valence-electron chi connectivity index (χ0n) is 14.3. The predicted octanol–water partition coefficient (Wildman–Crippen LogP) is 3.66. The first-order chi connectivity index (χ1) is 11.2. The SMILES string of the molecule is CC1(C)OB(c2ccc(-c3ccc(C#N)cc3)c(F)c2)OC1(C)C. The quantitative estimate of drug-likeness (QED) is 0.792. The van der Waals surface area contributed by atoms with Crippen LogP contribution in [-0.4, -0.2) is 18.3 Å². The number of nitriles is 1. The first kappa shape index (κ1) is 16.7. The molecular formula is C19H19BFNO2. The van der Waals surface area contributed by atoms with E-state index in [0.29, 0.717) is 16.6 Å². The predicted molar refractivity (Wildman–Crippen MR) is 92.3 cm³/mol. The summed E-state index contributed by atoms with van der Waals surface area (Å²) in [5.74, 6) is -0.341. The van der Waals surface area contributed by atoms with Crippen LogP contribution in [-0.2, 0) is 9.31 Å². The van der Waals surface area contributed by atoms with Crippen molar-refractivity contribution in [2.24, 2.45) is 0 Å². The molecule has 122 valence electrons. The summed E-state index contributed by atoms with van der Waals surface area (Å²) < 4.78 is 26.5. The Balaban J connectivity index is 1.89. The Hall–Kier alpha value is -2.16. The summed E-state index contributed by atoms with van der Waals surface area (Å²) in [4.78, 5) is 0. The van der Waals surface area contributed by atoms with E-state index in [4.69, 9.17) is 14.6 Å². The third-order valence-corrected chi connectivity index (χ3v) is 4.84. The zero-order chi connectivity index (χ0) is 17.5. The molecule has 1 aliphatic rings. The van der Waals surface area contributed by atoms with Crippen molar-refractivity contribution in [3.8, 4) is 17.2 Å². The second-order valence-electron chi connectivity index (χ2n) is 7.02. The molecule has 0 bridgehead atoms. The molecule has 2 aromatic carbocycles. The lowest BCUT2D eigenvalue weighted by Gasteiger charge is -2.32. The Bertz CT molecular complexity index is 793. The molecule has 1 aliphatic heterocycles. The maximum atomic E-state index is 14.6. The van der Waals surface area contributed by atoms with Gasteiger partial charge in [0.25, 0.3) is 0 Å². The minimum absolute atomic E-state index is 0.341. The number of benzene rings is 2. The molecule has 3 nitrogen and oxygen atoms in total. The first-order valence-corrected chi connectivity index (χ1v) is 7.89. The van der Waals surface area contributed by atoms with Gasteiger partial charge in [-0.15, -0.1) is 0 Å². The first-order valence-electron chi connectivity index (χ1n) is 7.89. The minimum atomic E-state index is -0.584. The lowest BCUT2D eigenvalue weighted by atomic mass is 9.78. The van der Waals surface area contributed by atoms with Gasteiger partial charge in [0, 0.05) is 5.56 Å². The van der Waals surface area contributed by atoms with E-state index in [1.54, 1.807) is 30.3 Å². The van der Waals surface area contributed by atoms with Crippen LogP contribution in [0, 0.1) is 17.1 Å². The van der Waals surface area contributed by atoms with Crippen LogP contribution < -0.4 is 5.46 Å². The Labute approximate surface area is 142 Å². The van der Waals surface area contributed by atoms with Gasteiger partial charge in [0.1, 0.15) is 5.82 Å². The van der Waals surface area contributed by atoms with Gasteiger partial charge in [-0.2, -0.15) is 5.26 Å². The molecule has 0 saturated carbocycles. The van der Waals surface area contributed by atoms with Crippen LogP contribution in [0.4, 0.5) is 4.39 Å². The van der Waals surface area contributed by atoms with E-state index in [1.165, 1.54) is 6.07 Å². The van der Waals surface area contributed by atoms with Gasteiger partial charge in [0.15, 0.2) is 0 Å². The van der Waals surface area contributed by atoms with E-state index >= 15 is 0 Å². The molecule has 3 rings (SSSR count). The van der Waals surface area contributed by atoms with E-state index < -0.39 is 18.3 Å². The highest BCUT2D eigenvalue weighted by Gasteiger charge is 2.51. The average molecular weight is 323 g/mol. The summed E-state index contributed by atoms with van der Waals surface area (Å²) >= 11 is 0. The molecule has 1 saturated heterocycles. The normalized spacial score (nSPS) is 18.4. The number of halogens is 1. The smallest absolute Gasteiger partial charge is 0.399 e. The van der Waals surface area contributed by atoms with Gasteiger partial charge in [-0.1, -0.05) is 24.3 Å². The molecule has 24 heavy (non-hydrogen) atoms. The van der Waals surface area contributed by atoms with Gasteiger partial charge in [0.2, 0.25) is 0 Å². The molecule has 0 radical (unpaired) electrons. The van der Waals surface area contributed by atoms with Crippen molar-refractivity contribution in [3.63, 3.8) is 0 Å². The Morgan fingerprint density at radius 2 is 1.54 bits per heavy atom. The van der Waals surface area contributed by atoms with Crippen molar-refractivity contribution in [2.45, 2.75) is 38.9 Å². The van der Waals surface area contributed by atoms with Crippen molar-refractivity contribution in [1.82, 2.24) is 0 Å². The molecule has 0 aromatic heterocycles. The molecule has 0 atom stereocenters. The van der Waals surface area contributed by atoms with E-state index in [9.17, 15) is 4.39 Å². The molecule has 5 heteroatoms. The van der Waals surface area contributed by atoms with Crippen molar-refractivity contribution in [3.05, 3.63) is 53.8 Å². The third-order valence-electron chi connectivity index (χ3n) is 4.84. The highest BCUT2D eigenvalue weighted by Crippen LogP contribution is 2.36. The summed E-state index contributed by atoms with van der Waals surface area (Å²) in [6.07, 6.45) is 0. The fourth-order valence-electron chi connectivity index (χ4n) is 2.62. The summed E-state index contributed by atoms with van der Waals surface area (Å²) in [6.45, 7) is 7.87. The Kier molecular flexibility index (Phi) is 3.99. The maximum absolute atomic E-state index is 14.6. The summed E-state index contributed by atoms with van der Waals surface area (Å²) in [5, 5.41) is 8.84. The lowest BCUT2D eigenvalue weighted by molar-refractivity contribution is 0.00578. The molecule has 1 heterocycles. The van der Waals surface area contributed by atoms with Crippen molar-refractivity contribution < 1.29 is 13.7 Å².